The van der Waals surface area contributed by atoms with Crippen molar-refractivity contribution in [3.8, 4) is 0 Å². The van der Waals surface area contributed by atoms with Crippen LogP contribution in [0.1, 0.15) is 0 Å². The first-order valence-electron chi connectivity index (χ1n) is 4.09. The standard InChI is InChI=1S/C8H7F4NO2S/c9-4-6(16-2-3(15)1-14)5(10)8(12)13-7(4)11/h3,14-15H,1-2H2. The van der Waals surface area contributed by atoms with Crippen LogP contribution in [0.3, 0.4) is 0 Å². The number of pyridine rings is 1. The summed E-state index contributed by atoms with van der Waals surface area (Å²) in [7, 11) is 0. The van der Waals surface area contributed by atoms with E-state index in [0.717, 1.165) is 0 Å². The highest BCUT2D eigenvalue weighted by atomic mass is 32.2. The Labute approximate surface area is 92.1 Å². The quantitative estimate of drug-likeness (QED) is 0.481. The van der Waals surface area contributed by atoms with Crippen molar-refractivity contribution in [1.82, 2.24) is 4.98 Å². The molecule has 0 saturated carbocycles. The molecule has 2 N–H and O–H groups in total. The number of hydrogen-bond acceptors (Lipinski definition) is 4. The van der Waals surface area contributed by atoms with E-state index in [-0.39, 0.29) is 5.75 Å². The van der Waals surface area contributed by atoms with Gasteiger partial charge in [-0.25, -0.2) is 8.78 Å². The summed E-state index contributed by atoms with van der Waals surface area (Å²) < 4.78 is 51.2. The molecule has 1 atom stereocenters. The summed E-state index contributed by atoms with van der Waals surface area (Å²) in [5.41, 5.74) is 0. The molecule has 0 spiro atoms. The zero-order valence-electron chi connectivity index (χ0n) is 7.75. The summed E-state index contributed by atoms with van der Waals surface area (Å²) in [6, 6.07) is 0. The van der Waals surface area contributed by atoms with E-state index in [1.165, 1.54) is 0 Å². The molecule has 0 radical (unpaired) electrons. The third-order valence-corrected chi connectivity index (χ3v) is 2.79. The molecule has 0 aliphatic carbocycles. The molecule has 90 valence electrons. The van der Waals surface area contributed by atoms with Gasteiger partial charge in [0.1, 0.15) is 0 Å². The topological polar surface area (TPSA) is 53.4 Å². The lowest BCUT2D eigenvalue weighted by Crippen LogP contribution is -2.15. The molecular formula is C8H7F4NO2S. The molecular weight excluding hydrogens is 250 g/mol. The highest BCUT2D eigenvalue weighted by Crippen LogP contribution is 2.27. The van der Waals surface area contributed by atoms with Crippen LogP contribution in [-0.4, -0.2) is 33.7 Å². The Morgan fingerprint density at radius 2 is 1.62 bits per heavy atom. The van der Waals surface area contributed by atoms with Crippen molar-refractivity contribution in [2.24, 2.45) is 0 Å². The number of aliphatic hydroxyl groups is 2. The average Bonchev–Trinajstić information content (AvgIpc) is 2.26. The summed E-state index contributed by atoms with van der Waals surface area (Å²) in [4.78, 5) is 1.47. The van der Waals surface area contributed by atoms with E-state index in [1.54, 1.807) is 0 Å². The number of halogens is 4. The Morgan fingerprint density at radius 3 is 2.06 bits per heavy atom. The van der Waals surface area contributed by atoms with Gasteiger partial charge in [0, 0.05) is 5.75 Å². The van der Waals surface area contributed by atoms with E-state index < -0.39 is 41.1 Å². The van der Waals surface area contributed by atoms with Crippen molar-refractivity contribution >= 4 is 11.8 Å². The number of nitrogens with zero attached hydrogens (tertiary/aromatic N) is 1. The van der Waals surface area contributed by atoms with Crippen LogP contribution in [0.5, 0.6) is 0 Å². The average molecular weight is 257 g/mol. The molecule has 1 aromatic heterocycles. The Kier molecular flexibility index (Phi) is 4.51. The molecule has 0 fully saturated rings. The second-order valence-electron chi connectivity index (χ2n) is 2.80. The molecule has 3 nitrogen and oxygen atoms in total. The maximum absolute atomic E-state index is 13.0. The molecule has 0 aromatic carbocycles. The third kappa shape index (κ3) is 2.83. The second-order valence-corrected chi connectivity index (χ2v) is 3.83. The molecule has 0 bridgehead atoms. The monoisotopic (exact) mass is 257 g/mol. The highest BCUT2D eigenvalue weighted by Gasteiger charge is 2.21. The fourth-order valence-electron chi connectivity index (χ4n) is 0.827. The number of aromatic nitrogens is 1. The maximum Gasteiger partial charge on any atom is 0.252 e. The van der Waals surface area contributed by atoms with E-state index in [1.807, 2.05) is 0 Å². The number of rotatable bonds is 4. The maximum atomic E-state index is 13.0. The van der Waals surface area contributed by atoms with Crippen LogP contribution < -0.4 is 0 Å². The predicted molar refractivity (Wildman–Crippen MR) is 47.9 cm³/mol. The highest BCUT2D eigenvalue weighted by molar-refractivity contribution is 7.99. The van der Waals surface area contributed by atoms with Gasteiger partial charge in [-0.1, -0.05) is 0 Å². The van der Waals surface area contributed by atoms with Crippen LogP contribution in [0.4, 0.5) is 17.6 Å². The molecule has 1 rings (SSSR count). The number of thioether (sulfide) groups is 1. The van der Waals surface area contributed by atoms with Gasteiger partial charge in [-0.2, -0.15) is 13.8 Å². The first kappa shape index (κ1) is 13.2. The van der Waals surface area contributed by atoms with Gasteiger partial charge in [-0.05, 0) is 0 Å². The first-order chi connectivity index (χ1) is 7.47. The molecule has 0 aliphatic rings. The summed E-state index contributed by atoms with van der Waals surface area (Å²) in [6.07, 6.45) is -1.23. The largest absolute Gasteiger partial charge is 0.394 e. The minimum absolute atomic E-state index is 0.298. The number of hydrogen-bond donors (Lipinski definition) is 2. The number of aliphatic hydroxyl groups excluding tert-OH is 2. The predicted octanol–water partition coefficient (Wildman–Crippen LogP) is 1.08. The van der Waals surface area contributed by atoms with E-state index in [2.05, 4.69) is 4.98 Å². The van der Waals surface area contributed by atoms with Crippen molar-refractivity contribution in [3.05, 3.63) is 23.5 Å². The fraction of sp³-hybridized carbons (Fsp3) is 0.375. The molecule has 1 unspecified atom stereocenters. The van der Waals surface area contributed by atoms with E-state index in [0.29, 0.717) is 11.8 Å². The van der Waals surface area contributed by atoms with Crippen molar-refractivity contribution in [3.63, 3.8) is 0 Å². The van der Waals surface area contributed by atoms with Crippen molar-refractivity contribution in [2.75, 3.05) is 12.4 Å². The van der Waals surface area contributed by atoms with Gasteiger partial charge in [0.05, 0.1) is 17.6 Å². The summed E-state index contributed by atoms with van der Waals surface area (Å²) in [6.45, 7) is -0.619. The van der Waals surface area contributed by atoms with E-state index in [4.69, 9.17) is 10.2 Å². The lowest BCUT2D eigenvalue weighted by Gasteiger charge is -2.08. The minimum Gasteiger partial charge on any atom is -0.394 e. The lowest BCUT2D eigenvalue weighted by atomic mass is 10.4. The van der Waals surface area contributed by atoms with E-state index in [9.17, 15) is 17.6 Å². The molecule has 1 heterocycles. The molecule has 0 saturated heterocycles. The third-order valence-electron chi connectivity index (χ3n) is 1.59. The SMILES string of the molecule is OCC(O)CSc1c(F)c(F)nc(F)c1F. The molecule has 0 aliphatic heterocycles. The first-order valence-corrected chi connectivity index (χ1v) is 5.07. The van der Waals surface area contributed by atoms with Crippen LogP contribution in [-0.2, 0) is 0 Å². The van der Waals surface area contributed by atoms with Gasteiger partial charge in [0.15, 0.2) is 11.6 Å². The van der Waals surface area contributed by atoms with Crippen molar-refractivity contribution < 1.29 is 27.8 Å². The van der Waals surface area contributed by atoms with Gasteiger partial charge in [0.2, 0.25) is 0 Å². The van der Waals surface area contributed by atoms with E-state index >= 15 is 0 Å². The van der Waals surface area contributed by atoms with Crippen LogP contribution in [0.25, 0.3) is 0 Å². The van der Waals surface area contributed by atoms with Gasteiger partial charge >= 0.3 is 0 Å². The minimum atomic E-state index is -1.75. The molecule has 16 heavy (non-hydrogen) atoms. The zero-order chi connectivity index (χ0) is 12.3. The van der Waals surface area contributed by atoms with Crippen molar-refractivity contribution in [2.45, 2.75) is 11.0 Å². The van der Waals surface area contributed by atoms with Gasteiger partial charge in [0.25, 0.3) is 11.9 Å². The Balaban J connectivity index is 2.94. The normalized spacial score (nSPS) is 12.9. The molecule has 0 amide bonds. The lowest BCUT2D eigenvalue weighted by molar-refractivity contribution is 0.113. The molecule has 8 heteroatoms. The Morgan fingerprint density at radius 1 is 1.12 bits per heavy atom. The molecule has 1 aromatic rings. The van der Waals surface area contributed by atoms with Crippen LogP contribution in [0.2, 0.25) is 0 Å². The van der Waals surface area contributed by atoms with Crippen molar-refractivity contribution in [1.29, 1.82) is 0 Å². The summed E-state index contributed by atoms with van der Waals surface area (Å²) >= 11 is 0.355. The van der Waals surface area contributed by atoms with Gasteiger partial charge in [-0.15, -0.1) is 11.8 Å². The van der Waals surface area contributed by atoms with Gasteiger partial charge < -0.3 is 10.2 Å². The zero-order valence-corrected chi connectivity index (χ0v) is 8.57. The van der Waals surface area contributed by atoms with Crippen LogP contribution >= 0.6 is 11.8 Å². The Bertz CT molecular complexity index is 365. The summed E-state index contributed by atoms with van der Waals surface area (Å²) in [5.74, 6) is -7.03. The van der Waals surface area contributed by atoms with Crippen LogP contribution in [0, 0.1) is 23.5 Å². The van der Waals surface area contributed by atoms with Crippen LogP contribution in [0.15, 0.2) is 4.90 Å². The summed E-state index contributed by atoms with van der Waals surface area (Å²) in [5, 5.41) is 17.4. The smallest absolute Gasteiger partial charge is 0.252 e. The second kappa shape index (κ2) is 5.46. The van der Waals surface area contributed by atoms with Gasteiger partial charge in [-0.3, -0.25) is 0 Å². The Hall–Kier alpha value is -0.860. The fourth-order valence-corrected chi connectivity index (χ4v) is 1.71.